The Labute approximate surface area is 194 Å². The van der Waals surface area contributed by atoms with Crippen LogP contribution in [0.25, 0.3) is 0 Å². The average Bonchev–Trinajstić information content (AvgIpc) is 2.79. The van der Waals surface area contributed by atoms with Crippen molar-refractivity contribution in [2.75, 3.05) is 25.6 Å². The van der Waals surface area contributed by atoms with Crippen molar-refractivity contribution in [3.05, 3.63) is 88.9 Å². The first-order valence-corrected chi connectivity index (χ1v) is 11.7. The molecule has 0 heterocycles. The fraction of sp³-hybridized carbons (Fsp3) is 0.208. The number of aryl methyl sites for hydroxylation is 1. The van der Waals surface area contributed by atoms with Crippen LogP contribution < -0.4 is 9.64 Å². The predicted octanol–water partition coefficient (Wildman–Crippen LogP) is 4.51. The number of ether oxygens (including phenoxy) is 1. The van der Waals surface area contributed by atoms with Crippen LogP contribution in [-0.4, -0.2) is 39.3 Å². The van der Waals surface area contributed by atoms with Crippen LogP contribution in [0.3, 0.4) is 0 Å². The van der Waals surface area contributed by atoms with Crippen molar-refractivity contribution in [1.82, 2.24) is 4.31 Å². The number of anilines is 1. The first-order chi connectivity index (χ1) is 15.2. The molecule has 0 N–H and O–H groups in total. The second kappa shape index (κ2) is 10.2. The molecule has 0 radical (unpaired) electrons. The van der Waals surface area contributed by atoms with Crippen LogP contribution in [0.15, 0.2) is 77.7 Å². The van der Waals surface area contributed by atoms with Crippen LogP contribution in [0.5, 0.6) is 5.75 Å². The average molecular weight is 473 g/mol. The largest absolute Gasteiger partial charge is 0.497 e. The van der Waals surface area contributed by atoms with Gasteiger partial charge in [-0.15, -0.1) is 0 Å². The minimum absolute atomic E-state index is 0.0629. The molecule has 32 heavy (non-hydrogen) atoms. The molecule has 0 unspecified atom stereocenters. The van der Waals surface area contributed by atoms with E-state index < -0.39 is 10.0 Å². The van der Waals surface area contributed by atoms with E-state index >= 15 is 0 Å². The SMILES string of the molecule is COc1ccc(N(C)C(=O)CN(Cc2ccc(C)cc2)S(=O)(=O)c2ccc(Cl)cc2)cc1. The van der Waals surface area contributed by atoms with Gasteiger partial charge in [-0.3, -0.25) is 4.79 Å². The van der Waals surface area contributed by atoms with Gasteiger partial charge in [0.15, 0.2) is 0 Å². The summed E-state index contributed by atoms with van der Waals surface area (Å²) in [6, 6.07) is 20.4. The van der Waals surface area contributed by atoms with Crippen molar-refractivity contribution in [1.29, 1.82) is 0 Å². The Morgan fingerprint density at radius 3 is 2.09 bits per heavy atom. The van der Waals surface area contributed by atoms with Gasteiger partial charge in [0.2, 0.25) is 15.9 Å². The molecule has 6 nitrogen and oxygen atoms in total. The second-order valence-corrected chi connectivity index (χ2v) is 9.74. The Bertz CT molecular complexity index is 1160. The summed E-state index contributed by atoms with van der Waals surface area (Å²) in [5, 5.41) is 0.435. The summed E-state index contributed by atoms with van der Waals surface area (Å²) in [4.78, 5) is 14.6. The fourth-order valence-electron chi connectivity index (χ4n) is 3.09. The van der Waals surface area contributed by atoms with Crippen molar-refractivity contribution in [3.63, 3.8) is 0 Å². The van der Waals surface area contributed by atoms with E-state index in [1.54, 1.807) is 38.4 Å². The molecular formula is C24H25ClN2O4S. The van der Waals surface area contributed by atoms with E-state index in [0.717, 1.165) is 11.1 Å². The summed E-state index contributed by atoms with van der Waals surface area (Å²) in [6.07, 6.45) is 0. The fourth-order valence-corrected chi connectivity index (χ4v) is 4.59. The number of likely N-dealkylation sites (N-methyl/N-ethyl adjacent to an activating group) is 1. The van der Waals surface area contributed by atoms with Crippen LogP contribution in [0.2, 0.25) is 5.02 Å². The molecule has 0 aliphatic rings. The van der Waals surface area contributed by atoms with Crippen LogP contribution in [-0.2, 0) is 21.4 Å². The third-order valence-corrected chi connectivity index (χ3v) is 7.13. The number of halogens is 1. The van der Waals surface area contributed by atoms with Gasteiger partial charge in [-0.05, 0) is 61.0 Å². The van der Waals surface area contributed by atoms with E-state index in [2.05, 4.69) is 0 Å². The summed E-state index contributed by atoms with van der Waals surface area (Å²) < 4.78 is 33.1. The quantitative estimate of drug-likeness (QED) is 0.483. The molecule has 0 spiro atoms. The Morgan fingerprint density at radius 2 is 1.53 bits per heavy atom. The molecule has 0 saturated carbocycles. The van der Waals surface area contributed by atoms with Gasteiger partial charge in [0.05, 0.1) is 18.6 Å². The molecule has 0 atom stereocenters. The van der Waals surface area contributed by atoms with Crippen LogP contribution >= 0.6 is 11.6 Å². The van der Waals surface area contributed by atoms with E-state index in [1.807, 2.05) is 31.2 Å². The number of rotatable bonds is 8. The maximum absolute atomic E-state index is 13.4. The van der Waals surface area contributed by atoms with Crippen molar-refractivity contribution in [2.24, 2.45) is 0 Å². The van der Waals surface area contributed by atoms with Crippen molar-refractivity contribution in [3.8, 4) is 5.75 Å². The highest BCUT2D eigenvalue weighted by atomic mass is 35.5. The van der Waals surface area contributed by atoms with Crippen molar-refractivity contribution < 1.29 is 17.9 Å². The summed E-state index contributed by atoms with van der Waals surface area (Å²) in [7, 11) is -0.762. The molecule has 0 saturated heterocycles. The van der Waals surface area contributed by atoms with Gasteiger partial charge in [-0.1, -0.05) is 41.4 Å². The highest BCUT2D eigenvalue weighted by molar-refractivity contribution is 7.89. The molecule has 0 bridgehead atoms. The maximum atomic E-state index is 13.4. The summed E-state index contributed by atoms with van der Waals surface area (Å²) in [5.74, 6) is 0.306. The van der Waals surface area contributed by atoms with Crippen LogP contribution in [0.4, 0.5) is 5.69 Å². The minimum Gasteiger partial charge on any atom is -0.497 e. The summed E-state index contributed by atoms with van der Waals surface area (Å²) in [5.41, 5.74) is 2.49. The van der Waals surface area contributed by atoms with E-state index in [0.29, 0.717) is 16.5 Å². The molecule has 0 aliphatic heterocycles. The molecule has 0 aromatic heterocycles. The molecule has 3 aromatic rings. The first-order valence-electron chi connectivity index (χ1n) is 9.92. The van der Waals surface area contributed by atoms with E-state index in [-0.39, 0.29) is 23.9 Å². The normalized spacial score (nSPS) is 11.4. The zero-order valence-electron chi connectivity index (χ0n) is 18.2. The smallest absolute Gasteiger partial charge is 0.243 e. The highest BCUT2D eigenvalue weighted by Gasteiger charge is 2.28. The van der Waals surface area contributed by atoms with E-state index in [4.69, 9.17) is 16.3 Å². The number of carbonyl (C=O) groups is 1. The lowest BCUT2D eigenvalue weighted by atomic mass is 10.1. The zero-order valence-corrected chi connectivity index (χ0v) is 19.7. The third kappa shape index (κ3) is 5.68. The van der Waals surface area contributed by atoms with E-state index in [9.17, 15) is 13.2 Å². The highest BCUT2D eigenvalue weighted by Crippen LogP contribution is 2.23. The maximum Gasteiger partial charge on any atom is 0.243 e. The number of hydrogen-bond acceptors (Lipinski definition) is 4. The Balaban J connectivity index is 1.89. The number of hydrogen-bond donors (Lipinski definition) is 0. The summed E-state index contributed by atoms with van der Waals surface area (Å²) in [6.45, 7) is 1.70. The second-order valence-electron chi connectivity index (χ2n) is 7.36. The standard InChI is InChI=1S/C24H25ClN2O4S/c1-18-4-6-19(7-5-18)16-27(32(29,30)23-14-8-20(25)9-15-23)17-24(28)26(2)21-10-12-22(31-3)13-11-21/h4-15H,16-17H2,1-3H3. The van der Waals surface area contributed by atoms with Gasteiger partial charge in [0.1, 0.15) is 5.75 Å². The molecule has 3 aromatic carbocycles. The van der Waals surface area contributed by atoms with Gasteiger partial charge < -0.3 is 9.64 Å². The summed E-state index contributed by atoms with van der Waals surface area (Å²) >= 11 is 5.92. The zero-order chi connectivity index (χ0) is 23.3. The van der Waals surface area contributed by atoms with Crippen LogP contribution in [0.1, 0.15) is 11.1 Å². The number of nitrogens with zero attached hydrogens (tertiary/aromatic N) is 2. The third-order valence-electron chi connectivity index (χ3n) is 5.08. The van der Waals surface area contributed by atoms with Gasteiger partial charge in [0, 0.05) is 24.3 Å². The predicted molar refractivity (Wildman–Crippen MR) is 127 cm³/mol. The topological polar surface area (TPSA) is 66.9 Å². The molecule has 1 amide bonds. The number of sulfonamides is 1. The molecule has 0 aliphatic carbocycles. The Hall–Kier alpha value is -2.87. The number of amides is 1. The monoisotopic (exact) mass is 472 g/mol. The molecule has 8 heteroatoms. The first kappa shape index (κ1) is 23.8. The van der Waals surface area contributed by atoms with Gasteiger partial charge in [-0.25, -0.2) is 8.42 Å². The Kier molecular flexibility index (Phi) is 7.56. The van der Waals surface area contributed by atoms with Crippen LogP contribution in [0, 0.1) is 6.92 Å². The lowest BCUT2D eigenvalue weighted by Crippen LogP contribution is -2.41. The lowest BCUT2D eigenvalue weighted by Gasteiger charge is -2.25. The molecule has 0 fully saturated rings. The molecular weight excluding hydrogens is 448 g/mol. The number of methoxy groups -OCH3 is 1. The van der Waals surface area contributed by atoms with Gasteiger partial charge >= 0.3 is 0 Å². The van der Waals surface area contributed by atoms with Crippen molar-refractivity contribution >= 4 is 33.2 Å². The molecule has 3 rings (SSSR count). The number of carbonyl (C=O) groups excluding carboxylic acids is 1. The van der Waals surface area contributed by atoms with Gasteiger partial charge in [0.25, 0.3) is 0 Å². The number of benzene rings is 3. The van der Waals surface area contributed by atoms with Crippen molar-refractivity contribution in [2.45, 2.75) is 18.4 Å². The Morgan fingerprint density at radius 1 is 0.938 bits per heavy atom. The van der Waals surface area contributed by atoms with Gasteiger partial charge in [-0.2, -0.15) is 4.31 Å². The van der Waals surface area contributed by atoms with E-state index in [1.165, 1.54) is 33.5 Å². The lowest BCUT2D eigenvalue weighted by molar-refractivity contribution is -0.118. The minimum atomic E-state index is -3.94. The molecule has 168 valence electrons.